The zero-order chi connectivity index (χ0) is 17.3. The van der Waals surface area contributed by atoms with Gasteiger partial charge < -0.3 is 10.5 Å². The maximum atomic E-state index is 13.2. The topological polar surface area (TPSA) is 89.7 Å². The van der Waals surface area contributed by atoms with E-state index in [-0.39, 0.29) is 4.90 Å². The molecule has 1 aliphatic rings. The van der Waals surface area contributed by atoms with Gasteiger partial charge in [-0.3, -0.25) is 4.79 Å². The van der Waals surface area contributed by atoms with Crippen molar-refractivity contribution in [3.63, 3.8) is 0 Å². The van der Waals surface area contributed by atoms with Crippen LogP contribution in [-0.2, 0) is 14.8 Å². The van der Waals surface area contributed by atoms with Gasteiger partial charge in [0.25, 0.3) is 0 Å². The molecule has 0 aliphatic carbocycles. The fourth-order valence-corrected chi connectivity index (χ4v) is 5.11. The molecule has 7 heteroatoms. The number of hydrogen-bond acceptors (Lipinski definition) is 4. The highest BCUT2D eigenvalue weighted by atomic mass is 32.2. The first-order valence-electron chi connectivity index (χ1n) is 7.83. The van der Waals surface area contributed by atoms with Gasteiger partial charge in [0.1, 0.15) is 11.8 Å². The average Bonchev–Trinajstić information content (AvgIpc) is 2.60. The van der Waals surface area contributed by atoms with Crippen LogP contribution in [0.15, 0.2) is 41.3 Å². The van der Waals surface area contributed by atoms with Crippen LogP contribution in [0.25, 0.3) is 10.8 Å². The van der Waals surface area contributed by atoms with Crippen LogP contribution in [0.2, 0.25) is 0 Å². The summed E-state index contributed by atoms with van der Waals surface area (Å²) in [5.74, 6) is 0.00531. The molecule has 0 aromatic heterocycles. The summed E-state index contributed by atoms with van der Waals surface area (Å²) in [5, 5.41) is 1.29. The number of carbonyl (C=O) groups is 1. The van der Waals surface area contributed by atoms with Gasteiger partial charge in [-0.1, -0.05) is 30.7 Å². The van der Waals surface area contributed by atoms with Gasteiger partial charge in [-0.05, 0) is 25.0 Å². The molecule has 0 saturated carbocycles. The van der Waals surface area contributed by atoms with E-state index in [2.05, 4.69) is 0 Å². The van der Waals surface area contributed by atoms with Gasteiger partial charge in [0.2, 0.25) is 15.9 Å². The Hall–Kier alpha value is -2.12. The summed E-state index contributed by atoms with van der Waals surface area (Å²) in [4.78, 5) is 11.9. The number of fused-ring (bicyclic) bond motifs is 1. The van der Waals surface area contributed by atoms with E-state index in [1.165, 1.54) is 10.4 Å². The molecule has 0 bridgehead atoms. The first-order valence-corrected chi connectivity index (χ1v) is 9.27. The van der Waals surface area contributed by atoms with Gasteiger partial charge in [-0.25, -0.2) is 8.42 Å². The smallest absolute Gasteiger partial charge is 0.244 e. The number of sulfonamides is 1. The lowest BCUT2D eigenvalue weighted by Crippen LogP contribution is -2.50. The number of ether oxygens (including phenoxy) is 1. The summed E-state index contributed by atoms with van der Waals surface area (Å²) in [6, 6.07) is 9.55. The number of methoxy groups -OCH3 is 1. The Labute approximate surface area is 141 Å². The van der Waals surface area contributed by atoms with Gasteiger partial charge in [0.05, 0.1) is 12.0 Å². The Bertz CT molecular complexity index is 879. The number of piperidine rings is 1. The summed E-state index contributed by atoms with van der Waals surface area (Å²) >= 11 is 0. The van der Waals surface area contributed by atoms with Crippen molar-refractivity contribution < 1.29 is 17.9 Å². The first kappa shape index (κ1) is 16.7. The highest BCUT2D eigenvalue weighted by molar-refractivity contribution is 7.89. The molecule has 0 unspecified atom stereocenters. The second-order valence-electron chi connectivity index (χ2n) is 5.84. The van der Waals surface area contributed by atoms with E-state index in [1.54, 1.807) is 25.3 Å². The highest BCUT2D eigenvalue weighted by Gasteiger charge is 2.37. The van der Waals surface area contributed by atoms with Gasteiger partial charge in [-0.2, -0.15) is 4.31 Å². The summed E-state index contributed by atoms with van der Waals surface area (Å²) < 4.78 is 32.9. The van der Waals surface area contributed by atoms with E-state index in [1.807, 2.05) is 12.1 Å². The standard InChI is InChI=1S/C17H20N2O4S/c1-23-15-9-10-16(13-7-3-2-6-12(13)15)24(21,22)19-11-5-4-8-14(19)17(18)20/h2-3,6-7,9-10,14H,4-5,8,11H2,1H3,(H2,18,20)/t14-/m1/s1. The number of benzene rings is 2. The maximum absolute atomic E-state index is 13.2. The Morgan fingerprint density at radius 1 is 1.17 bits per heavy atom. The van der Waals surface area contributed by atoms with Crippen molar-refractivity contribution in [3.8, 4) is 5.75 Å². The lowest BCUT2D eigenvalue weighted by molar-refractivity contribution is -0.122. The first-order chi connectivity index (χ1) is 11.5. The van der Waals surface area contributed by atoms with E-state index in [9.17, 15) is 13.2 Å². The fraction of sp³-hybridized carbons (Fsp3) is 0.353. The van der Waals surface area contributed by atoms with E-state index in [4.69, 9.17) is 10.5 Å². The van der Waals surface area contributed by atoms with Crippen LogP contribution in [-0.4, -0.2) is 38.3 Å². The Morgan fingerprint density at radius 3 is 2.54 bits per heavy atom. The zero-order valence-electron chi connectivity index (χ0n) is 13.4. The number of nitrogens with two attached hydrogens (primary N) is 1. The molecule has 1 amide bonds. The van der Waals surface area contributed by atoms with Crippen LogP contribution in [0.3, 0.4) is 0 Å². The minimum absolute atomic E-state index is 0.173. The van der Waals surface area contributed by atoms with Crippen molar-refractivity contribution in [2.24, 2.45) is 5.73 Å². The van der Waals surface area contributed by atoms with Crippen LogP contribution in [0.1, 0.15) is 19.3 Å². The number of hydrogen-bond donors (Lipinski definition) is 1. The quantitative estimate of drug-likeness (QED) is 0.913. The lowest BCUT2D eigenvalue weighted by Gasteiger charge is -2.32. The molecule has 2 aromatic rings. The maximum Gasteiger partial charge on any atom is 0.244 e. The third-order valence-electron chi connectivity index (χ3n) is 4.43. The molecule has 1 fully saturated rings. The third-order valence-corrected chi connectivity index (χ3v) is 6.40. The number of nitrogens with zero attached hydrogens (tertiary/aromatic N) is 1. The van der Waals surface area contributed by atoms with Crippen molar-refractivity contribution in [3.05, 3.63) is 36.4 Å². The normalized spacial score (nSPS) is 19.3. The molecule has 1 aliphatic heterocycles. The van der Waals surface area contributed by atoms with Gasteiger partial charge in [0.15, 0.2) is 0 Å². The Balaban J connectivity index is 2.17. The van der Waals surface area contributed by atoms with Crippen LogP contribution >= 0.6 is 0 Å². The molecular formula is C17H20N2O4S. The minimum atomic E-state index is -3.83. The molecule has 2 aromatic carbocycles. The van der Waals surface area contributed by atoms with Gasteiger partial charge in [0, 0.05) is 17.3 Å². The van der Waals surface area contributed by atoms with Crippen molar-refractivity contribution in [2.75, 3.05) is 13.7 Å². The summed E-state index contributed by atoms with van der Waals surface area (Å²) in [5.41, 5.74) is 5.43. The molecule has 2 N–H and O–H groups in total. The van der Waals surface area contributed by atoms with Crippen LogP contribution in [0.4, 0.5) is 0 Å². The summed E-state index contributed by atoms with van der Waals surface area (Å²) in [6.45, 7) is 0.302. The van der Waals surface area contributed by atoms with Gasteiger partial charge >= 0.3 is 0 Å². The molecule has 0 spiro atoms. The number of amides is 1. The SMILES string of the molecule is COc1ccc(S(=O)(=O)N2CCCC[C@@H]2C(N)=O)c2ccccc12. The van der Waals surface area contributed by atoms with Crippen molar-refractivity contribution in [1.29, 1.82) is 0 Å². The van der Waals surface area contributed by atoms with Crippen molar-refractivity contribution in [1.82, 2.24) is 4.31 Å². The molecule has 1 saturated heterocycles. The van der Waals surface area contributed by atoms with Crippen molar-refractivity contribution >= 4 is 26.7 Å². The van der Waals surface area contributed by atoms with E-state index in [0.29, 0.717) is 29.5 Å². The Kier molecular flexibility index (Phi) is 4.47. The molecule has 3 rings (SSSR count). The molecule has 1 heterocycles. The summed E-state index contributed by atoms with van der Waals surface area (Å²) in [6.07, 6.45) is 1.97. The van der Waals surface area contributed by atoms with Crippen LogP contribution in [0.5, 0.6) is 5.75 Å². The third kappa shape index (κ3) is 2.74. The predicted molar refractivity (Wildman–Crippen MR) is 91.2 cm³/mol. The molecule has 24 heavy (non-hydrogen) atoms. The Morgan fingerprint density at radius 2 is 1.88 bits per heavy atom. The van der Waals surface area contributed by atoms with Crippen LogP contribution in [0, 0.1) is 0 Å². The monoisotopic (exact) mass is 348 g/mol. The predicted octanol–water partition coefficient (Wildman–Crippen LogP) is 1.88. The van der Waals surface area contributed by atoms with Crippen molar-refractivity contribution in [2.45, 2.75) is 30.2 Å². The number of primary amides is 1. The minimum Gasteiger partial charge on any atom is -0.496 e. The summed E-state index contributed by atoms with van der Waals surface area (Å²) in [7, 11) is -2.29. The number of rotatable bonds is 4. The average molecular weight is 348 g/mol. The second kappa shape index (κ2) is 6.41. The zero-order valence-corrected chi connectivity index (χ0v) is 14.3. The van der Waals surface area contributed by atoms with E-state index >= 15 is 0 Å². The largest absolute Gasteiger partial charge is 0.496 e. The number of carbonyl (C=O) groups excluding carboxylic acids is 1. The molecule has 1 atom stereocenters. The van der Waals surface area contributed by atoms with Crippen LogP contribution < -0.4 is 10.5 Å². The van der Waals surface area contributed by atoms with Gasteiger partial charge in [-0.15, -0.1) is 0 Å². The van der Waals surface area contributed by atoms with E-state index in [0.717, 1.165) is 12.8 Å². The molecule has 128 valence electrons. The second-order valence-corrected chi connectivity index (χ2v) is 7.70. The molecular weight excluding hydrogens is 328 g/mol. The lowest BCUT2D eigenvalue weighted by atomic mass is 10.0. The van der Waals surface area contributed by atoms with E-state index < -0.39 is 22.0 Å². The molecule has 6 nitrogen and oxygen atoms in total. The fourth-order valence-electron chi connectivity index (χ4n) is 3.25. The molecule has 0 radical (unpaired) electrons. The highest BCUT2D eigenvalue weighted by Crippen LogP contribution is 2.34.